The third-order valence-corrected chi connectivity index (χ3v) is 6.80. The Labute approximate surface area is 197 Å². The minimum Gasteiger partial charge on any atom is -1.00 e. The van der Waals surface area contributed by atoms with Crippen LogP contribution in [-0.2, 0) is 12.8 Å². The summed E-state index contributed by atoms with van der Waals surface area (Å²) >= 11 is 0. The molecule has 154 valence electrons. The first-order valence-corrected chi connectivity index (χ1v) is 10.3. The zero-order valence-corrected chi connectivity index (χ0v) is 22.3. The van der Waals surface area contributed by atoms with Gasteiger partial charge in [-0.05, 0) is 52.7 Å². The van der Waals surface area contributed by atoms with E-state index in [0.29, 0.717) is 0 Å². The molecule has 0 aliphatic carbocycles. The summed E-state index contributed by atoms with van der Waals surface area (Å²) in [5.74, 6) is 0. The standard InChI is InChI=1S/C22H42N2.2HI/c1-7-23(8-2,9-3)19-17-21-13-15-22(16-14-21)18-20-24(10-4,11-5)12-6;;/h13-16H,7-12,17-20H2,1-6H3;2*1H/q+2;;/p-2. The minimum absolute atomic E-state index is 0. The molecule has 26 heavy (non-hydrogen) atoms. The van der Waals surface area contributed by atoms with Gasteiger partial charge in [0.1, 0.15) is 0 Å². The normalized spacial score (nSPS) is 11.6. The van der Waals surface area contributed by atoms with Crippen LogP contribution in [0, 0.1) is 0 Å². The first-order chi connectivity index (χ1) is 11.5. The van der Waals surface area contributed by atoms with Crippen molar-refractivity contribution >= 4 is 0 Å². The molecule has 0 atom stereocenters. The van der Waals surface area contributed by atoms with Gasteiger partial charge in [-0.25, -0.2) is 0 Å². The summed E-state index contributed by atoms with van der Waals surface area (Å²) < 4.78 is 2.48. The van der Waals surface area contributed by atoms with Crippen molar-refractivity contribution in [1.29, 1.82) is 0 Å². The van der Waals surface area contributed by atoms with E-state index in [1.54, 1.807) is 0 Å². The van der Waals surface area contributed by atoms with E-state index in [4.69, 9.17) is 0 Å². The van der Waals surface area contributed by atoms with Gasteiger partial charge in [0.2, 0.25) is 0 Å². The van der Waals surface area contributed by atoms with Crippen LogP contribution in [0.5, 0.6) is 0 Å². The summed E-state index contributed by atoms with van der Waals surface area (Å²) in [6, 6.07) is 9.46. The number of hydrogen-bond donors (Lipinski definition) is 0. The highest BCUT2D eigenvalue weighted by Gasteiger charge is 2.21. The molecule has 1 rings (SSSR count). The van der Waals surface area contributed by atoms with Crippen molar-refractivity contribution in [3.8, 4) is 0 Å². The third-order valence-electron chi connectivity index (χ3n) is 6.80. The maximum atomic E-state index is 2.36. The van der Waals surface area contributed by atoms with Crippen molar-refractivity contribution in [2.75, 3.05) is 52.4 Å². The quantitative estimate of drug-likeness (QED) is 0.207. The predicted molar refractivity (Wildman–Crippen MR) is 107 cm³/mol. The van der Waals surface area contributed by atoms with Gasteiger partial charge in [-0.2, -0.15) is 0 Å². The van der Waals surface area contributed by atoms with E-state index in [1.165, 1.54) is 85.3 Å². The largest absolute Gasteiger partial charge is 1.00 e. The molecule has 0 aliphatic rings. The van der Waals surface area contributed by atoms with Crippen LogP contribution >= 0.6 is 0 Å². The maximum Gasteiger partial charge on any atom is 0.0827 e. The molecule has 0 bridgehead atoms. The molecular formula is C22H42I2N2. The lowest BCUT2D eigenvalue weighted by atomic mass is 10.1. The van der Waals surface area contributed by atoms with Crippen molar-refractivity contribution in [2.24, 2.45) is 0 Å². The number of benzene rings is 1. The number of quaternary nitrogens is 2. The number of halogens is 2. The fraction of sp³-hybridized carbons (Fsp3) is 0.727. The molecule has 4 heteroatoms. The highest BCUT2D eigenvalue weighted by Crippen LogP contribution is 2.13. The zero-order chi connectivity index (χ0) is 18.1. The molecule has 0 radical (unpaired) electrons. The number of hydrogen-bond acceptors (Lipinski definition) is 0. The van der Waals surface area contributed by atoms with Gasteiger partial charge in [-0.1, -0.05) is 24.3 Å². The zero-order valence-electron chi connectivity index (χ0n) is 18.0. The molecule has 0 aromatic heterocycles. The fourth-order valence-corrected chi connectivity index (χ4v) is 3.90. The Morgan fingerprint density at radius 3 is 0.923 bits per heavy atom. The van der Waals surface area contributed by atoms with Crippen LogP contribution in [0.25, 0.3) is 0 Å². The Morgan fingerprint density at radius 1 is 0.500 bits per heavy atom. The molecule has 1 aromatic carbocycles. The summed E-state index contributed by atoms with van der Waals surface area (Å²) in [4.78, 5) is 0. The topological polar surface area (TPSA) is 0 Å². The van der Waals surface area contributed by atoms with E-state index >= 15 is 0 Å². The van der Waals surface area contributed by atoms with E-state index in [2.05, 4.69) is 65.8 Å². The summed E-state index contributed by atoms with van der Waals surface area (Å²) in [5.41, 5.74) is 3.00. The summed E-state index contributed by atoms with van der Waals surface area (Å²) in [6.45, 7) is 24.0. The van der Waals surface area contributed by atoms with Crippen LogP contribution in [0.2, 0.25) is 0 Å². The van der Waals surface area contributed by atoms with Crippen molar-refractivity contribution in [3.63, 3.8) is 0 Å². The number of rotatable bonds is 12. The van der Waals surface area contributed by atoms with E-state index in [9.17, 15) is 0 Å². The average molecular weight is 588 g/mol. The molecule has 0 saturated heterocycles. The molecule has 2 nitrogen and oxygen atoms in total. The number of likely N-dealkylation sites (N-methyl/N-ethyl adjacent to an activating group) is 2. The molecule has 0 spiro atoms. The van der Waals surface area contributed by atoms with Crippen LogP contribution in [0.3, 0.4) is 0 Å². The van der Waals surface area contributed by atoms with Crippen LogP contribution in [0.1, 0.15) is 52.7 Å². The van der Waals surface area contributed by atoms with E-state index in [0.717, 1.165) is 0 Å². The van der Waals surface area contributed by atoms with Gasteiger partial charge in [0, 0.05) is 12.8 Å². The smallest absolute Gasteiger partial charge is 0.0827 e. The highest BCUT2D eigenvalue weighted by molar-refractivity contribution is 5.22. The van der Waals surface area contributed by atoms with E-state index in [1.807, 2.05) is 0 Å². The monoisotopic (exact) mass is 588 g/mol. The minimum atomic E-state index is 0. The van der Waals surface area contributed by atoms with E-state index in [-0.39, 0.29) is 48.0 Å². The SMILES string of the molecule is CC[N+](CC)(CC)CCc1ccc(CC[N+](CC)(CC)CC)cc1.[I-].[I-]. The Balaban J connectivity index is 0. The summed E-state index contributed by atoms with van der Waals surface area (Å²) in [6.07, 6.45) is 2.41. The fourth-order valence-electron chi connectivity index (χ4n) is 3.90. The molecule has 0 heterocycles. The molecule has 0 aliphatic heterocycles. The molecule has 1 aromatic rings. The predicted octanol–water partition coefficient (Wildman–Crippen LogP) is -1.47. The lowest BCUT2D eigenvalue weighted by molar-refractivity contribution is -0.923. The summed E-state index contributed by atoms with van der Waals surface area (Å²) in [5, 5.41) is 0. The Hall–Kier alpha value is 0.600. The molecule has 0 unspecified atom stereocenters. The van der Waals surface area contributed by atoms with Crippen molar-refractivity contribution in [2.45, 2.75) is 54.4 Å². The van der Waals surface area contributed by atoms with Crippen LogP contribution in [0.4, 0.5) is 0 Å². The van der Waals surface area contributed by atoms with E-state index < -0.39 is 0 Å². The lowest BCUT2D eigenvalue weighted by Crippen LogP contribution is -3.00. The molecule has 0 N–H and O–H groups in total. The average Bonchev–Trinajstić information content (AvgIpc) is 2.66. The molecule has 0 saturated carbocycles. The summed E-state index contributed by atoms with van der Waals surface area (Å²) in [7, 11) is 0. The third kappa shape index (κ3) is 8.31. The van der Waals surface area contributed by atoms with Crippen molar-refractivity contribution in [3.05, 3.63) is 35.4 Å². The first-order valence-electron chi connectivity index (χ1n) is 10.3. The van der Waals surface area contributed by atoms with Gasteiger partial charge in [0.25, 0.3) is 0 Å². The van der Waals surface area contributed by atoms with Crippen molar-refractivity contribution < 1.29 is 56.9 Å². The van der Waals surface area contributed by atoms with Gasteiger partial charge in [-0.15, -0.1) is 0 Å². The second kappa shape index (κ2) is 14.6. The molecule has 0 fully saturated rings. The molecular weight excluding hydrogens is 546 g/mol. The van der Waals surface area contributed by atoms with Gasteiger partial charge < -0.3 is 56.9 Å². The lowest BCUT2D eigenvalue weighted by Gasteiger charge is -2.36. The first kappa shape index (κ1) is 28.8. The maximum absolute atomic E-state index is 2.36. The Kier molecular flexibility index (Phi) is 16.2. The van der Waals surface area contributed by atoms with Gasteiger partial charge in [-0.3, -0.25) is 0 Å². The van der Waals surface area contributed by atoms with Crippen LogP contribution < -0.4 is 48.0 Å². The number of nitrogens with zero attached hydrogens (tertiary/aromatic N) is 2. The highest BCUT2D eigenvalue weighted by atomic mass is 127. The Bertz CT molecular complexity index is 392. The van der Waals surface area contributed by atoms with Crippen LogP contribution in [0.15, 0.2) is 24.3 Å². The molecule has 0 amide bonds. The van der Waals surface area contributed by atoms with Crippen LogP contribution in [-0.4, -0.2) is 61.3 Å². The van der Waals surface area contributed by atoms with Crippen molar-refractivity contribution in [1.82, 2.24) is 0 Å². The van der Waals surface area contributed by atoms with Gasteiger partial charge in [0.15, 0.2) is 0 Å². The second-order valence-electron chi connectivity index (χ2n) is 7.34. The second-order valence-corrected chi connectivity index (χ2v) is 7.34. The van der Waals surface area contributed by atoms with Gasteiger partial charge >= 0.3 is 0 Å². The Morgan fingerprint density at radius 2 is 0.731 bits per heavy atom. The van der Waals surface area contributed by atoms with Gasteiger partial charge in [0.05, 0.1) is 52.4 Å².